The normalized spacial score (nSPS) is 15.9. The first kappa shape index (κ1) is 51.8. The third-order valence-corrected chi connectivity index (χ3v) is 14.8. The molecule has 2 amide bonds. The lowest BCUT2D eigenvalue weighted by molar-refractivity contribution is -0.134. The zero-order chi connectivity index (χ0) is 48.6. The molecule has 5 aromatic rings. The highest BCUT2D eigenvalue weighted by Crippen LogP contribution is 2.49. The number of benzene rings is 5. The lowest BCUT2D eigenvalue weighted by Crippen LogP contribution is -2.42. The highest BCUT2D eigenvalue weighted by Gasteiger charge is 2.43. The first-order valence-corrected chi connectivity index (χ1v) is 24.9. The summed E-state index contributed by atoms with van der Waals surface area (Å²) in [4.78, 5) is 29.6. The van der Waals surface area contributed by atoms with Gasteiger partial charge >= 0.3 is 0 Å². The van der Waals surface area contributed by atoms with Crippen molar-refractivity contribution in [2.45, 2.75) is 109 Å². The minimum absolute atomic E-state index is 0.0230. The molecule has 1 N–H and O–H groups in total. The molecule has 0 saturated carbocycles. The zero-order valence-corrected chi connectivity index (χ0v) is 41.9. The number of nitriles is 1. The number of hydrogen-bond acceptors (Lipinski definition) is 10. The quantitative estimate of drug-likeness (QED) is 0.0343. The van der Waals surface area contributed by atoms with Crippen LogP contribution in [0.5, 0.6) is 17.2 Å². The second-order valence-electron chi connectivity index (χ2n) is 17.8. The van der Waals surface area contributed by atoms with Crippen LogP contribution in [-0.2, 0) is 29.0 Å². The molecule has 0 radical (unpaired) electrons. The van der Waals surface area contributed by atoms with Gasteiger partial charge in [0, 0.05) is 31.6 Å². The second-order valence-corrected chi connectivity index (χ2v) is 19.2. The molecule has 1 unspecified atom stereocenters. The maximum Gasteiger partial charge on any atom is 0.259 e. The Morgan fingerprint density at radius 2 is 1.35 bits per heavy atom. The fourth-order valence-electron chi connectivity index (χ4n) is 9.01. The number of carbonyl (C=O) groups is 2. The van der Waals surface area contributed by atoms with Gasteiger partial charge in [-0.2, -0.15) is 5.26 Å². The Kier molecular flexibility index (Phi) is 19.2. The highest BCUT2D eigenvalue weighted by atomic mass is 31.2. The molecule has 1 fully saturated rings. The van der Waals surface area contributed by atoms with Crippen molar-refractivity contribution in [2.24, 2.45) is 0 Å². The van der Waals surface area contributed by atoms with E-state index in [1.54, 1.807) is 21.3 Å². The first-order valence-electron chi connectivity index (χ1n) is 23.8. The molecule has 1 saturated heterocycles. The molecule has 0 aromatic heterocycles. The molecular weight excluding hydrogens is 876 g/mol. The van der Waals surface area contributed by atoms with Gasteiger partial charge in [-0.3, -0.25) is 9.59 Å². The van der Waals surface area contributed by atoms with E-state index in [1.807, 2.05) is 109 Å². The van der Waals surface area contributed by atoms with Crippen molar-refractivity contribution in [2.75, 3.05) is 47.6 Å². The smallest absolute Gasteiger partial charge is 0.259 e. The van der Waals surface area contributed by atoms with Crippen LogP contribution >= 0.6 is 8.53 Å². The van der Waals surface area contributed by atoms with E-state index in [4.69, 9.17) is 28.0 Å². The Morgan fingerprint density at radius 1 is 0.765 bits per heavy atom. The topological polar surface area (TPSA) is 132 Å². The lowest BCUT2D eigenvalue weighted by Gasteiger charge is -2.38. The molecule has 0 bridgehead atoms. The summed E-state index contributed by atoms with van der Waals surface area (Å²) in [6, 6.07) is 40.1. The monoisotopic (exact) mass is 944 g/mol. The van der Waals surface area contributed by atoms with Gasteiger partial charge in [-0.15, -0.1) is 0 Å². The van der Waals surface area contributed by atoms with Crippen LogP contribution in [0, 0.1) is 11.3 Å². The minimum atomic E-state index is -1.55. The number of likely N-dealkylation sites (tertiary alicyclic amines) is 1. The summed E-state index contributed by atoms with van der Waals surface area (Å²) in [7, 11) is 3.41. The Hall–Kier alpha value is -5.54. The van der Waals surface area contributed by atoms with E-state index in [0.717, 1.165) is 63.1 Å². The van der Waals surface area contributed by atoms with Gasteiger partial charge in [-0.1, -0.05) is 85.3 Å². The number of nitrogens with zero attached hydrogens (tertiary/aromatic N) is 3. The van der Waals surface area contributed by atoms with E-state index in [0.29, 0.717) is 32.4 Å². The summed E-state index contributed by atoms with van der Waals surface area (Å²) >= 11 is 0. The van der Waals surface area contributed by atoms with Crippen LogP contribution in [0.4, 0.5) is 0 Å². The van der Waals surface area contributed by atoms with Gasteiger partial charge < -0.3 is 38.2 Å². The third kappa shape index (κ3) is 13.0. The fourth-order valence-corrected chi connectivity index (χ4v) is 10.7. The van der Waals surface area contributed by atoms with E-state index >= 15 is 0 Å². The number of ether oxygens (including phenoxy) is 4. The number of amides is 2. The van der Waals surface area contributed by atoms with E-state index in [9.17, 15) is 14.9 Å². The molecule has 362 valence electrons. The Bertz CT molecular complexity index is 2350. The van der Waals surface area contributed by atoms with Crippen molar-refractivity contribution < 1.29 is 37.6 Å². The molecule has 1 aliphatic rings. The number of hydrogen-bond donors (Lipinski definition) is 1. The summed E-state index contributed by atoms with van der Waals surface area (Å²) in [5, 5.41) is 14.6. The molecule has 68 heavy (non-hydrogen) atoms. The average Bonchev–Trinajstić information content (AvgIpc) is 3.77. The van der Waals surface area contributed by atoms with Crippen molar-refractivity contribution >= 4 is 31.1 Å². The molecule has 4 atom stereocenters. The molecule has 6 rings (SSSR count). The van der Waals surface area contributed by atoms with Crippen molar-refractivity contribution in [3.8, 4) is 23.3 Å². The van der Waals surface area contributed by atoms with Gasteiger partial charge in [0.15, 0.2) is 0 Å². The van der Waals surface area contributed by atoms with Crippen LogP contribution in [-0.4, -0.2) is 93.2 Å². The summed E-state index contributed by atoms with van der Waals surface area (Å²) in [6.45, 7) is 11.7. The first-order chi connectivity index (χ1) is 32.9. The van der Waals surface area contributed by atoms with E-state index in [-0.39, 0.29) is 61.6 Å². The predicted octanol–water partition coefficient (Wildman–Crippen LogP) is 10.9. The SMILES string of the molecule is COc1ccc(C(OC[C@@H]2C[C@@H](OP(OCCC#N)N(C(C)C)C(C)C)CN2C(=O)CCCCCNC(=O)[C@@H](C)c2ccc3cc(OC)ccc3c2)(c2ccccc2)c2ccc(OC)cc2)cc1. The summed E-state index contributed by atoms with van der Waals surface area (Å²) in [5.74, 6) is 1.93. The number of carbonyl (C=O) groups excluding carboxylic acids is 2. The Balaban J connectivity index is 1.19. The Labute approximate surface area is 404 Å². The molecule has 12 nitrogen and oxygen atoms in total. The zero-order valence-electron chi connectivity index (χ0n) is 41.0. The number of fused-ring (bicyclic) bond motifs is 1. The summed E-state index contributed by atoms with van der Waals surface area (Å²) in [6.07, 6.45) is 2.97. The van der Waals surface area contributed by atoms with Crippen LogP contribution in [0.1, 0.15) is 101 Å². The van der Waals surface area contributed by atoms with Crippen molar-refractivity contribution in [3.63, 3.8) is 0 Å². The van der Waals surface area contributed by atoms with E-state index < -0.39 is 14.1 Å². The molecule has 5 aromatic carbocycles. The average molecular weight is 945 g/mol. The van der Waals surface area contributed by atoms with E-state index in [2.05, 4.69) is 62.0 Å². The van der Waals surface area contributed by atoms with Gasteiger partial charge in [0.1, 0.15) is 22.8 Å². The van der Waals surface area contributed by atoms with Crippen LogP contribution in [0.15, 0.2) is 115 Å². The molecular formula is C55H69N4O8P. The number of methoxy groups -OCH3 is 3. The standard InChI is InChI=1S/C55H69N4O8P/c1-39(2)59(40(3)4)68(66-33-15-31-56)67-52-36-48(38-65-55(45-16-11-9-12-17-45,46-22-27-49(62-6)28-23-46)47-24-29-50(63-7)30-25-47)58(37-52)53(60)18-13-10-14-32-57-54(61)41(5)42-19-20-44-35-51(64-8)26-21-43(44)34-42/h9,11-12,16-17,19-30,34-35,39-41,48,52H,10,13-15,18,32-33,36-38H2,1-8H3,(H,57,61)/t41-,48-,52+,68?/m0/s1. The van der Waals surface area contributed by atoms with Gasteiger partial charge in [0.25, 0.3) is 8.53 Å². The van der Waals surface area contributed by atoms with Gasteiger partial charge in [0.05, 0.1) is 65.1 Å². The number of unbranched alkanes of at least 4 members (excludes halogenated alkanes) is 2. The molecule has 13 heteroatoms. The predicted molar refractivity (Wildman–Crippen MR) is 269 cm³/mol. The van der Waals surface area contributed by atoms with Crippen molar-refractivity contribution in [1.82, 2.24) is 14.9 Å². The summed E-state index contributed by atoms with van der Waals surface area (Å²) < 4.78 is 39.3. The summed E-state index contributed by atoms with van der Waals surface area (Å²) in [5.41, 5.74) is 2.61. The lowest BCUT2D eigenvalue weighted by atomic mass is 9.80. The Morgan fingerprint density at radius 3 is 1.96 bits per heavy atom. The number of nitrogens with one attached hydrogen (secondary N) is 1. The molecule has 0 aliphatic carbocycles. The van der Waals surface area contributed by atoms with Crippen LogP contribution in [0.2, 0.25) is 0 Å². The second kappa shape index (κ2) is 25.2. The van der Waals surface area contributed by atoms with Crippen LogP contribution in [0.3, 0.4) is 0 Å². The van der Waals surface area contributed by atoms with Gasteiger partial charge in [-0.25, -0.2) is 4.67 Å². The van der Waals surface area contributed by atoms with E-state index in [1.165, 1.54) is 0 Å². The fraction of sp³-hybridized carbons (Fsp3) is 0.436. The molecule has 0 spiro atoms. The van der Waals surface area contributed by atoms with Crippen molar-refractivity contribution in [3.05, 3.63) is 138 Å². The van der Waals surface area contributed by atoms with Gasteiger partial charge in [0.2, 0.25) is 11.8 Å². The largest absolute Gasteiger partial charge is 0.497 e. The third-order valence-electron chi connectivity index (χ3n) is 12.6. The highest BCUT2D eigenvalue weighted by molar-refractivity contribution is 7.44. The maximum atomic E-state index is 14.5. The molecule has 1 aliphatic heterocycles. The van der Waals surface area contributed by atoms with Gasteiger partial charge in [-0.05, 0) is 123 Å². The van der Waals surface area contributed by atoms with Crippen LogP contribution < -0.4 is 19.5 Å². The van der Waals surface area contributed by atoms with Crippen LogP contribution in [0.25, 0.3) is 10.8 Å². The number of rotatable bonds is 25. The molecule has 1 heterocycles. The minimum Gasteiger partial charge on any atom is -0.497 e. The van der Waals surface area contributed by atoms with Crippen molar-refractivity contribution in [1.29, 1.82) is 5.26 Å². The maximum absolute atomic E-state index is 14.5.